The molecule has 0 unspecified atom stereocenters. The maximum absolute atomic E-state index is 12.9. The quantitative estimate of drug-likeness (QED) is 0.567. The number of aryl methyl sites for hydroxylation is 1. The van der Waals surface area contributed by atoms with Crippen LogP contribution >= 0.6 is 0 Å². The van der Waals surface area contributed by atoms with Crippen LogP contribution in [0.1, 0.15) is 35.3 Å². The lowest BCUT2D eigenvalue weighted by molar-refractivity contribution is -0.0870. The summed E-state index contributed by atoms with van der Waals surface area (Å²) in [5.74, 6) is 2.21. The van der Waals surface area contributed by atoms with E-state index in [4.69, 9.17) is 9.72 Å². The fourth-order valence-electron chi connectivity index (χ4n) is 4.98. The lowest BCUT2D eigenvalue weighted by atomic mass is 9.49. The van der Waals surface area contributed by atoms with Gasteiger partial charge in [-0.05, 0) is 76.0 Å². The van der Waals surface area contributed by atoms with Gasteiger partial charge in [-0.2, -0.15) is 4.98 Å². The van der Waals surface area contributed by atoms with Crippen molar-refractivity contribution >= 4 is 28.6 Å². The maximum atomic E-state index is 12.9. The third-order valence-electron chi connectivity index (χ3n) is 6.87. The van der Waals surface area contributed by atoms with E-state index in [2.05, 4.69) is 19.8 Å². The smallest absolute Gasteiger partial charge is 0.270 e. The SMILES string of the molecule is Cc1cc(Nc2ncc3cc(C(=O)N(C)C)n(C45CC(C4)C5)c3n2)ccc1OCCN(C)C. The number of nitrogens with one attached hydrogen (secondary N) is 1. The lowest BCUT2D eigenvalue weighted by Crippen LogP contribution is -2.60. The largest absolute Gasteiger partial charge is 0.492 e. The molecular weight excluding hydrogens is 416 g/mol. The Kier molecular flexibility index (Phi) is 5.28. The van der Waals surface area contributed by atoms with Crippen molar-refractivity contribution in [1.82, 2.24) is 24.3 Å². The van der Waals surface area contributed by atoms with E-state index in [1.54, 1.807) is 19.0 Å². The summed E-state index contributed by atoms with van der Waals surface area (Å²) < 4.78 is 8.08. The number of fused-ring (bicyclic) bond motifs is 1. The van der Waals surface area contributed by atoms with E-state index < -0.39 is 0 Å². The summed E-state index contributed by atoms with van der Waals surface area (Å²) in [7, 11) is 7.65. The molecule has 0 aliphatic heterocycles. The Labute approximate surface area is 194 Å². The second kappa shape index (κ2) is 8.02. The number of aromatic nitrogens is 3. The highest BCUT2D eigenvalue weighted by atomic mass is 16.5. The number of hydrogen-bond acceptors (Lipinski definition) is 6. The van der Waals surface area contributed by atoms with Crippen molar-refractivity contribution in [2.24, 2.45) is 5.92 Å². The molecule has 2 heterocycles. The predicted molar refractivity (Wildman–Crippen MR) is 129 cm³/mol. The van der Waals surface area contributed by atoms with Gasteiger partial charge in [0.05, 0.1) is 0 Å². The second-order valence-corrected chi connectivity index (χ2v) is 10.00. The van der Waals surface area contributed by atoms with Crippen molar-refractivity contribution in [2.75, 3.05) is 46.7 Å². The van der Waals surface area contributed by atoms with Gasteiger partial charge < -0.3 is 24.4 Å². The lowest BCUT2D eigenvalue weighted by Gasteiger charge is -2.62. The molecule has 1 N–H and O–H groups in total. The summed E-state index contributed by atoms with van der Waals surface area (Å²) in [6, 6.07) is 7.93. The molecular formula is C25H32N6O2. The number of carbonyl (C=O) groups excluding carboxylic acids is 1. The second-order valence-electron chi connectivity index (χ2n) is 10.00. The van der Waals surface area contributed by atoms with Crippen LogP contribution in [0.2, 0.25) is 0 Å². The number of hydrogen-bond donors (Lipinski definition) is 1. The zero-order valence-electron chi connectivity index (χ0n) is 20.1. The van der Waals surface area contributed by atoms with Gasteiger partial charge in [-0.25, -0.2) is 4.98 Å². The normalized spacial score (nSPS) is 21.0. The molecule has 1 aromatic carbocycles. The van der Waals surface area contributed by atoms with Crippen molar-refractivity contribution in [1.29, 1.82) is 0 Å². The zero-order valence-corrected chi connectivity index (χ0v) is 20.1. The fourth-order valence-corrected chi connectivity index (χ4v) is 4.98. The number of ether oxygens (including phenoxy) is 1. The Morgan fingerprint density at radius 2 is 1.97 bits per heavy atom. The van der Waals surface area contributed by atoms with E-state index in [1.165, 1.54) is 0 Å². The minimum absolute atomic E-state index is 0.00714. The number of amides is 1. The highest BCUT2D eigenvalue weighted by Gasteiger charge is 2.59. The summed E-state index contributed by atoms with van der Waals surface area (Å²) in [4.78, 5) is 26.0. The molecule has 8 heteroatoms. The van der Waals surface area contributed by atoms with Crippen LogP contribution in [0.4, 0.5) is 11.6 Å². The molecule has 8 nitrogen and oxygen atoms in total. The van der Waals surface area contributed by atoms with Gasteiger partial charge >= 0.3 is 0 Å². The van der Waals surface area contributed by atoms with Crippen molar-refractivity contribution in [3.05, 3.63) is 41.7 Å². The van der Waals surface area contributed by atoms with Crippen molar-refractivity contribution in [2.45, 2.75) is 31.7 Å². The van der Waals surface area contributed by atoms with Crippen LogP contribution in [0.25, 0.3) is 11.0 Å². The molecule has 3 fully saturated rings. The van der Waals surface area contributed by atoms with E-state index in [1.807, 2.05) is 51.5 Å². The van der Waals surface area contributed by atoms with Gasteiger partial charge in [0.2, 0.25) is 5.95 Å². The standard InChI is InChI=1S/C25H32N6O2/c1-16-10-19(6-7-21(16)33-9-8-29(2)3)27-24-26-15-18-11-20(23(32)30(4)5)31(22(18)28-24)25-12-17(13-25)14-25/h6-7,10-11,15,17H,8-9,12-14H2,1-5H3,(H,26,27,28). The summed E-state index contributed by atoms with van der Waals surface area (Å²) in [6.07, 6.45) is 5.20. The van der Waals surface area contributed by atoms with Gasteiger partial charge in [0.15, 0.2) is 0 Å². The van der Waals surface area contributed by atoms with Gasteiger partial charge in [0.25, 0.3) is 5.91 Å². The van der Waals surface area contributed by atoms with Crippen molar-refractivity contribution < 1.29 is 9.53 Å². The van der Waals surface area contributed by atoms with Crippen LogP contribution in [0.5, 0.6) is 5.75 Å². The Morgan fingerprint density at radius 1 is 1.21 bits per heavy atom. The predicted octanol–water partition coefficient (Wildman–Crippen LogP) is 3.63. The molecule has 3 aromatic rings. The topological polar surface area (TPSA) is 75.5 Å². The minimum atomic E-state index is 0.00714. The Morgan fingerprint density at radius 3 is 2.58 bits per heavy atom. The first-order valence-electron chi connectivity index (χ1n) is 11.5. The number of carbonyl (C=O) groups is 1. The summed E-state index contributed by atoms with van der Waals surface area (Å²) in [5, 5.41) is 4.23. The third-order valence-corrected chi connectivity index (χ3v) is 6.87. The van der Waals surface area contributed by atoms with Crippen LogP contribution < -0.4 is 10.1 Å². The van der Waals surface area contributed by atoms with Gasteiger partial charge in [0.1, 0.15) is 23.7 Å². The molecule has 3 aliphatic carbocycles. The van der Waals surface area contributed by atoms with E-state index >= 15 is 0 Å². The van der Waals surface area contributed by atoms with E-state index in [-0.39, 0.29) is 11.4 Å². The number of rotatable bonds is 8. The van der Waals surface area contributed by atoms with Crippen molar-refractivity contribution in [3.8, 4) is 5.75 Å². The first-order valence-corrected chi connectivity index (χ1v) is 11.5. The van der Waals surface area contributed by atoms with Crippen LogP contribution in [0, 0.1) is 12.8 Å². The number of anilines is 2. The molecule has 174 valence electrons. The first kappa shape index (κ1) is 21.7. The van der Waals surface area contributed by atoms with Gasteiger partial charge in [-0.15, -0.1) is 0 Å². The molecule has 0 saturated heterocycles. The minimum Gasteiger partial charge on any atom is -0.492 e. The summed E-state index contributed by atoms with van der Waals surface area (Å²) in [5.41, 5.74) is 3.53. The average Bonchev–Trinajstić information content (AvgIpc) is 3.05. The van der Waals surface area contributed by atoms with Crippen LogP contribution in [-0.4, -0.2) is 71.6 Å². The van der Waals surface area contributed by atoms with Gasteiger partial charge in [-0.1, -0.05) is 0 Å². The number of benzene rings is 1. The molecule has 1 amide bonds. The van der Waals surface area contributed by atoms with E-state index in [0.717, 1.165) is 59.8 Å². The Balaban J connectivity index is 1.42. The molecule has 33 heavy (non-hydrogen) atoms. The summed E-state index contributed by atoms with van der Waals surface area (Å²) >= 11 is 0. The molecule has 0 atom stereocenters. The molecule has 0 radical (unpaired) electrons. The molecule has 2 bridgehead atoms. The Hall–Kier alpha value is -3.13. The summed E-state index contributed by atoms with van der Waals surface area (Å²) in [6.45, 7) is 3.55. The van der Waals surface area contributed by atoms with Crippen LogP contribution in [0.15, 0.2) is 30.5 Å². The van der Waals surface area contributed by atoms with Crippen LogP contribution in [-0.2, 0) is 5.54 Å². The van der Waals surface area contributed by atoms with Crippen LogP contribution in [0.3, 0.4) is 0 Å². The van der Waals surface area contributed by atoms with Gasteiger partial charge in [-0.3, -0.25) is 4.79 Å². The highest BCUT2D eigenvalue weighted by molar-refractivity contribution is 5.98. The zero-order chi connectivity index (χ0) is 23.3. The van der Waals surface area contributed by atoms with Crippen molar-refractivity contribution in [3.63, 3.8) is 0 Å². The number of likely N-dealkylation sites (N-methyl/N-ethyl adjacent to an activating group) is 1. The van der Waals surface area contributed by atoms with E-state index in [9.17, 15) is 4.79 Å². The molecule has 0 spiro atoms. The molecule has 3 aliphatic rings. The maximum Gasteiger partial charge on any atom is 0.270 e. The average molecular weight is 449 g/mol. The number of nitrogens with zero attached hydrogens (tertiary/aromatic N) is 5. The monoisotopic (exact) mass is 448 g/mol. The molecule has 2 aromatic heterocycles. The highest BCUT2D eigenvalue weighted by Crippen LogP contribution is 2.63. The van der Waals surface area contributed by atoms with E-state index in [0.29, 0.717) is 18.2 Å². The Bertz CT molecular complexity index is 1200. The molecule has 3 saturated carbocycles. The first-order chi connectivity index (χ1) is 15.8. The fraction of sp³-hybridized carbons (Fsp3) is 0.480. The third kappa shape index (κ3) is 3.82. The van der Waals surface area contributed by atoms with Gasteiger partial charge in [0, 0.05) is 43.4 Å². The molecule has 6 rings (SSSR count).